The highest BCUT2D eigenvalue weighted by atomic mass is 35.5. The fourth-order valence-electron chi connectivity index (χ4n) is 3.44. The van der Waals surface area contributed by atoms with Gasteiger partial charge in [-0.05, 0) is 31.2 Å². The molecule has 142 valence electrons. The molecular weight excluding hydrogens is 395 g/mol. The molecule has 0 N–H and O–H groups in total. The number of halogens is 2. The number of nitrogens with zero attached hydrogens (tertiary/aromatic N) is 4. The van der Waals surface area contributed by atoms with Gasteiger partial charge in [0, 0.05) is 35.3 Å². The van der Waals surface area contributed by atoms with Crippen molar-refractivity contribution in [3.8, 4) is 5.69 Å². The van der Waals surface area contributed by atoms with Crippen molar-refractivity contribution >= 4 is 34.8 Å². The first-order valence-corrected chi connectivity index (χ1v) is 9.53. The Morgan fingerprint density at radius 3 is 2.57 bits per heavy atom. The van der Waals surface area contributed by atoms with E-state index in [0.717, 1.165) is 34.0 Å². The Bertz CT molecular complexity index is 1130. The largest absolute Gasteiger partial charge is 0.343 e. The SMILES string of the molecule is Cc1nc(C(=O)N(C)C)c2n1-c1ccc(Cl)cc1C(c1ccccc1Cl)=NC2. The molecule has 4 rings (SSSR count). The van der Waals surface area contributed by atoms with Gasteiger partial charge in [-0.3, -0.25) is 14.4 Å². The number of carbonyl (C=O) groups is 1. The van der Waals surface area contributed by atoms with Crippen molar-refractivity contribution in [2.24, 2.45) is 4.99 Å². The first-order chi connectivity index (χ1) is 13.4. The first-order valence-electron chi connectivity index (χ1n) is 8.78. The van der Waals surface area contributed by atoms with Crippen molar-refractivity contribution < 1.29 is 4.79 Å². The van der Waals surface area contributed by atoms with Crippen molar-refractivity contribution in [3.63, 3.8) is 0 Å². The summed E-state index contributed by atoms with van der Waals surface area (Å²) in [4.78, 5) is 23.6. The Hall–Kier alpha value is -2.63. The van der Waals surface area contributed by atoms with Crippen LogP contribution in [0.2, 0.25) is 10.0 Å². The Morgan fingerprint density at radius 1 is 1.11 bits per heavy atom. The van der Waals surface area contributed by atoms with E-state index in [-0.39, 0.29) is 5.91 Å². The van der Waals surface area contributed by atoms with E-state index >= 15 is 0 Å². The third-order valence-electron chi connectivity index (χ3n) is 4.72. The van der Waals surface area contributed by atoms with E-state index in [4.69, 9.17) is 28.2 Å². The van der Waals surface area contributed by atoms with Crippen molar-refractivity contribution in [2.45, 2.75) is 13.5 Å². The third-order valence-corrected chi connectivity index (χ3v) is 5.28. The Labute approximate surface area is 173 Å². The molecule has 28 heavy (non-hydrogen) atoms. The molecule has 1 aromatic heterocycles. The quantitative estimate of drug-likeness (QED) is 0.620. The lowest BCUT2D eigenvalue weighted by Crippen LogP contribution is -2.23. The monoisotopic (exact) mass is 412 g/mol. The summed E-state index contributed by atoms with van der Waals surface area (Å²) in [6.45, 7) is 2.19. The predicted molar refractivity (Wildman–Crippen MR) is 112 cm³/mol. The average molecular weight is 413 g/mol. The smallest absolute Gasteiger partial charge is 0.273 e. The summed E-state index contributed by atoms with van der Waals surface area (Å²) in [6, 6.07) is 13.2. The topological polar surface area (TPSA) is 50.5 Å². The molecule has 3 aromatic rings. The van der Waals surface area contributed by atoms with Gasteiger partial charge >= 0.3 is 0 Å². The van der Waals surface area contributed by atoms with Crippen LogP contribution in [-0.4, -0.2) is 40.2 Å². The summed E-state index contributed by atoms with van der Waals surface area (Å²) in [5.41, 5.74) is 4.45. The fraction of sp³-hybridized carbons (Fsp3) is 0.190. The number of aryl methyl sites for hydroxylation is 1. The third kappa shape index (κ3) is 3.01. The number of hydrogen-bond acceptors (Lipinski definition) is 3. The number of rotatable bonds is 2. The molecular formula is C21H18Cl2N4O. The summed E-state index contributed by atoms with van der Waals surface area (Å²) in [5.74, 6) is 0.572. The fourth-order valence-corrected chi connectivity index (χ4v) is 3.84. The van der Waals surface area contributed by atoms with Crippen LogP contribution in [0.15, 0.2) is 47.5 Å². The van der Waals surface area contributed by atoms with Gasteiger partial charge in [0.15, 0.2) is 5.69 Å². The Balaban J connectivity index is 2.01. The van der Waals surface area contributed by atoms with Gasteiger partial charge in [0.05, 0.1) is 23.6 Å². The van der Waals surface area contributed by atoms with E-state index in [2.05, 4.69) is 4.98 Å². The zero-order valence-electron chi connectivity index (χ0n) is 15.7. The number of aliphatic imine (C=N–C) groups is 1. The zero-order valence-corrected chi connectivity index (χ0v) is 17.2. The number of fused-ring (bicyclic) bond motifs is 3. The van der Waals surface area contributed by atoms with Gasteiger partial charge in [-0.15, -0.1) is 0 Å². The molecule has 1 aliphatic heterocycles. The van der Waals surface area contributed by atoms with Gasteiger partial charge in [0.2, 0.25) is 0 Å². The minimum absolute atomic E-state index is 0.149. The van der Waals surface area contributed by atoms with Crippen LogP contribution in [0.5, 0.6) is 0 Å². The number of aromatic nitrogens is 2. The maximum atomic E-state index is 12.7. The van der Waals surface area contributed by atoms with Crippen molar-refractivity contribution in [3.05, 3.63) is 80.8 Å². The number of hydrogen-bond donors (Lipinski definition) is 0. The molecule has 0 saturated carbocycles. The molecule has 0 saturated heterocycles. The molecule has 0 spiro atoms. The van der Waals surface area contributed by atoms with E-state index in [1.54, 1.807) is 14.1 Å². The number of amides is 1. The molecule has 7 heteroatoms. The molecule has 5 nitrogen and oxygen atoms in total. The second kappa shape index (κ2) is 7.08. The summed E-state index contributed by atoms with van der Waals surface area (Å²) < 4.78 is 1.98. The summed E-state index contributed by atoms with van der Waals surface area (Å²) in [5, 5.41) is 1.21. The van der Waals surface area contributed by atoms with Crippen LogP contribution >= 0.6 is 23.2 Å². The molecule has 0 aliphatic carbocycles. The summed E-state index contributed by atoms with van der Waals surface area (Å²) >= 11 is 12.8. The van der Waals surface area contributed by atoms with E-state index in [1.165, 1.54) is 4.90 Å². The lowest BCUT2D eigenvalue weighted by atomic mass is 10.0. The highest BCUT2D eigenvalue weighted by molar-refractivity contribution is 6.36. The first kappa shape index (κ1) is 18.7. The molecule has 1 aliphatic rings. The van der Waals surface area contributed by atoms with Gasteiger partial charge in [-0.2, -0.15) is 0 Å². The highest BCUT2D eigenvalue weighted by Gasteiger charge is 2.27. The van der Waals surface area contributed by atoms with Crippen LogP contribution in [0.3, 0.4) is 0 Å². The van der Waals surface area contributed by atoms with Crippen molar-refractivity contribution in [2.75, 3.05) is 14.1 Å². The molecule has 0 bridgehead atoms. The second-order valence-electron chi connectivity index (χ2n) is 6.80. The Kier molecular flexibility index (Phi) is 4.73. The molecule has 1 amide bonds. The van der Waals surface area contributed by atoms with Gasteiger partial charge in [0.1, 0.15) is 5.82 Å². The van der Waals surface area contributed by atoms with Gasteiger partial charge in [0.25, 0.3) is 5.91 Å². The molecule has 0 fully saturated rings. The number of benzene rings is 2. The van der Waals surface area contributed by atoms with Crippen molar-refractivity contribution in [1.82, 2.24) is 14.5 Å². The Morgan fingerprint density at radius 2 is 1.86 bits per heavy atom. The molecule has 0 unspecified atom stereocenters. The average Bonchev–Trinajstić information content (AvgIpc) is 2.89. The minimum atomic E-state index is -0.149. The maximum Gasteiger partial charge on any atom is 0.273 e. The highest BCUT2D eigenvalue weighted by Crippen LogP contribution is 2.32. The maximum absolute atomic E-state index is 12.7. The molecule has 0 atom stereocenters. The molecule has 0 radical (unpaired) electrons. The predicted octanol–water partition coefficient (Wildman–Crippen LogP) is 4.54. The van der Waals surface area contributed by atoms with Crippen LogP contribution in [0.4, 0.5) is 0 Å². The zero-order chi connectivity index (χ0) is 20.0. The van der Waals surface area contributed by atoms with Crippen molar-refractivity contribution in [1.29, 1.82) is 0 Å². The van der Waals surface area contributed by atoms with Gasteiger partial charge in [-0.25, -0.2) is 4.98 Å². The molecule has 2 heterocycles. The number of carbonyl (C=O) groups excluding carboxylic acids is 1. The van der Waals surface area contributed by atoms with Crippen LogP contribution in [0, 0.1) is 6.92 Å². The van der Waals surface area contributed by atoms with Gasteiger partial charge in [-0.1, -0.05) is 41.4 Å². The van der Waals surface area contributed by atoms with E-state index in [0.29, 0.717) is 22.3 Å². The van der Waals surface area contributed by atoms with E-state index in [1.807, 2.05) is 54.0 Å². The lowest BCUT2D eigenvalue weighted by Gasteiger charge is -2.14. The second-order valence-corrected chi connectivity index (χ2v) is 7.64. The van der Waals surface area contributed by atoms with Crippen LogP contribution < -0.4 is 0 Å². The minimum Gasteiger partial charge on any atom is -0.343 e. The van der Waals surface area contributed by atoms with Crippen LogP contribution in [0.25, 0.3) is 5.69 Å². The van der Waals surface area contributed by atoms with Crippen LogP contribution in [0.1, 0.15) is 33.1 Å². The lowest BCUT2D eigenvalue weighted by molar-refractivity contribution is 0.0821. The normalized spacial score (nSPS) is 12.7. The summed E-state index contributed by atoms with van der Waals surface area (Å²) in [6.07, 6.45) is 0. The van der Waals surface area contributed by atoms with Gasteiger partial charge < -0.3 is 4.90 Å². The number of imidazole rings is 1. The van der Waals surface area contributed by atoms with Crippen LogP contribution in [-0.2, 0) is 6.54 Å². The van der Waals surface area contributed by atoms with E-state index < -0.39 is 0 Å². The molecule has 2 aromatic carbocycles. The summed E-state index contributed by atoms with van der Waals surface area (Å²) in [7, 11) is 3.43. The van der Waals surface area contributed by atoms with E-state index in [9.17, 15) is 4.79 Å². The standard InChI is InChI=1S/C21H18Cl2N4O/c1-12-25-20(21(28)26(2)3)18-11-24-19(14-6-4-5-7-16(14)23)15-10-13(22)8-9-17(15)27(12)18/h4-10H,11H2,1-3H3.